The maximum atomic E-state index is 13.0. The van der Waals surface area contributed by atoms with Gasteiger partial charge in [0.2, 0.25) is 0 Å². The summed E-state index contributed by atoms with van der Waals surface area (Å²) >= 11 is 0. The van der Waals surface area contributed by atoms with E-state index < -0.39 is 83.3 Å². The van der Waals surface area contributed by atoms with Crippen LogP contribution in [0.5, 0.6) is 51.7 Å². The molecule has 6 atom stereocenters. The molecule has 0 bridgehead atoms. The van der Waals surface area contributed by atoms with Gasteiger partial charge in [-0.25, -0.2) is 28.8 Å². The highest BCUT2D eigenvalue weighted by Gasteiger charge is 2.38. The SMILES string of the molecule is CC(C)(c1ccc(C(C)(c2cc(Cc3ccc(OC4CCOC4=O)cc3)c(O)c(Cc3ccc(OC4CCOC4=O)cc3)c2)c2cc(Cc3ccc(OC4CCOC4=O)cc3)c(O)c(Cc3ccc(OC4CCOC4=O)cc3)c2)cc1)c1cc(Cc2ccc(OC3CCOC3=O)cc2)c(O)c(Cc2ccc(OC3CCOC3=O)cc2)c1. The summed E-state index contributed by atoms with van der Waals surface area (Å²) in [5.74, 6) is 0.819. The highest BCUT2D eigenvalue weighted by molar-refractivity contribution is 5.79. The molecule has 116 heavy (non-hydrogen) atoms. The Balaban J connectivity index is 0.816. The van der Waals surface area contributed by atoms with Crippen molar-refractivity contribution in [2.45, 2.75) is 145 Å². The minimum Gasteiger partial charge on any atom is -0.507 e. The predicted octanol–water partition coefficient (Wildman–Crippen LogP) is 14.2. The third-order valence-corrected chi connectivity index (χ3v) is 22.8. The molecule has 10 aromatic rings. The molecule has 6 aliphatic heterocycles. The molecule has 0 spiro atoms. The van der Waals surface area contributed by atoms with Crippen LogP contribution in [0.4, 0.5) is 0 Å². The lowest BCUT2D eigenvalue weighted by molar-refractivity contribution is -0.144. The van der Waals surface area contributed by atoms with Crippen LogP contribution in [0.3, 0.4) is 0 Å². The van der Waals surface area contributed by atoms with Crippen LogP contribution in [-0.4, -0.2) is 127 Å². The van der Waals surface area contributed by atoms with Crippen LogP contribution in [0.25, 0.3) is 0 Å². The third-order valence-electron chi connectivity index (χ3n) is 22.8. The van der Waals surface area contributed by atoms with Gasteiger partial charge in [-0.1, -0.05) is 147 Å². The maximum absolute atomic E-state index is 13.0. The molecule has 3 N–H and O–H groups in total. The number of cyclic esters (lactones) is 6. The molecule has 0 amide bonds. The lowest BCUT2D eigenvalue weighted by Crippen LogP contribution is -2.27. The van der Waals surface area contributed by atoms with Crippen molar-refractivity contribution in [3.05, 3.63) is 301 Å². The van der Waals surface area contributed by atoms with Crippen molar-refractivity contribution in [1.82, 2.24) is 0 Å². The van der Waals surface area contributed by atoms with Crippen LogP contribution in [0.2, 0.25) is 0 Å². The number of phenols is 3. The van der Waals surface area contributed by atoms with E-state index in [0.29, 0.717) is 132 Å². The van der Waals surface area contributed by atoms with Crippen molar-refractivity contribution in [1.29, 1.82) is 0 Å². The number of hydrogen-bond acceptors (Lipinski definition) is 21. The second-order valence-electron chi connectivity index (χ2n) is 31.1. The Hall–Kier alpha value is -12.8. The van der Waals surface area contributed by atoms with Gasteiger partial charge in [-0.15, -0.1) is 0 Å². The largest absolute Gasteiger partial charge is 0.507 e. The van der Waals surface area contributed by atoms with E-state index >= 15 is 0 Å². The Kier molecular flexibility index (Phi) is 22.2. The van der Waals surface area contributed by atoms with Crippen molar-refractivity contribution >= 4 is 35.8 Å². The summed E-state index contributed by atoms with van der Waals surface area (Å²) in [5, 5.41) is 38.4. The zero-order valence-electron chi connectivity index (χ0n) is 64.5. The van der Waals surface area contributed by atoms with E-state index in [0.717, 1.165) is 61.2 Å². The van der Waals surface area contributed by atoms with E-state index in [9.17, 15) is 44.1 Å². The number of hydrogen-bond donors (Lipinski definition) is 3. The monoisotopic (exact) mass is 1560 g/mol. The lowest BCUT2D eigenvalue weighted by Gasteiger charge is -2.35. The number of ether oxygens (including phenoxy) is 12. The summed E-state index contributed by atoms with van der Waals surface area (Å²) in [6, 6.07) is 65.6. The van der Waals surface area contributed by atoms with Gasteiger partial charge in [-0.2, -0.15) is 0 Å². The van der Waals surface area contributed by atoms with Crippen molar-refractivity contribution in [3.63, 3.8) is 0 Å². The smallest absolute Gasteiger partial charge is 0.347 e. The summed E-state index contributed by atoms with van der Waals surface area (Å²) in [6.07, 6.45) is 0.0795. The Morgan fingerprint density at radius 2 is 0.440 bits per heavy atom. The minimum absolute atomic E-state index is 0.0719. The zero-order chi connectivity index (χ0) is 80.2. The number of carbonyl (C=O) groups is 6. The van der Waals surface area contributed by atoms with E-state index in [4.69, 9.17) is 56.8 Å². The normalized spacial score (nSPS) is 19.6. The van der Waals surface area contributed by atoms with Crippen LogP contribution in [0.15, 0.2) is 206 Å². The first-order valence-electron chi connectivity index (χ1n) is 39.4. The van der Waals surface area contributed by atoms with E-state index in [1.54, 1.807) is 0 Å². The van der Waals surface area contributed by atoms with Crippen LogP contribution >= 0.6 is 0 Å². The lowest BCUT2D eigenvalue weighted by atomic mass is 9.68. The molecule has 6 aliphatic rings. The fraction of sp³-hybridized carbons (Fsp3) is 0.305. The maximum Gasteiger partial charge on any atom is 0.347 e. The van der Waals surface area contributed by atoms with Gasteiger partial charge < -0.3 is 72.2 Å². The van der Waals surface area contributed by atoms with Gasteiger partial charge in [0.05, 0.1) is 39.6 Å². The van der Waals surface area contributed by atoms with Gasteiger partial charge >= 0.3 is 35.8 Å². The van der Waals surface area contributed by atoms with E-state index in [1.165, 1.54) is 0 Å². The second kappa shape index (κ2) is 33.3. The molecule has 0 aliphatic carbocycles. The third kappa shape index (κ3) is 17.2. The Morgan fingerprint density at radius 1 is 0.259 bits per heavy atom. The molecule has 10 aromatic carbocycles. The standard InChI is InChI=1S/C95H88O21/c1-94(2,70-50-62(44-56-4-20-73(21-5-56)111-79-32-38-105-88(79)99)85(96)63(51-70)45-57-6-22-74(23-7-57)112-80-33-39-106-89(80)100)68-16-18-69(19-17-68)95(3,71-52-64(46-58-8-24-75(25-9-58)113-81-34-40-107-90(81)101)86(97)65(53-71)47-59-10-26-76(27-11-59)114-82-35-41-108-91(82)102)72-54-66(48-60-12-28-77(29-13-60)115-83-36-42-109-92(83)103)87(98)67(55-72)49-61-14-30-78(31-15-61)116-84-37-43-110-93(84)104/h4-31,50-55,79-84,96-98H,32-49H2,1-3H3. The summed E-state index contributed by atoms with van der Waals surface area (Å²) in [6.45, 7) is 8.18. The summed E-state index contributed by atoms with van der Waals surface area (Å²) in [7, 11) is 0. The Morgan fingerprint density at radius 3 is 0.621 bits per heavy atom. The first-order valence-corrected chi connectivity index (χ1v) is 39.4. The minimum atomic E-state index is -1.14. The Labute approximate surface area is 670 Å². The van der Waals surface area contributed by atoms with Crippen molar-refractivity contribution in [2.24, 2.45) is 0 Å². The molecule has 0 aromatic heterocycles. The fourth-order valence-electron chi connectivity index (χ4n) is 15.8. The highest BCUT2D eigenvalue weighted by atomic mass is 16.6. The highest BCUT2D eigenvalue weighted by Crippen LogP contribution is 2.47. The molecule has 6 unspecified atom stereocenters. The van der Waals surface area contributed by atoms with Gasteiger partial charge in [0.1, 0.15) is 51.7 Å². The molecule has 0 radical (unpaired) electrons. The molecule has 6 saturated heterocycles. The van der Waals surface area contributed by atoms with Crippen LogP contribution in [-0.2, 0) is 107 Å². The zero-order valence-corrected chi connectivity index (χ0v) is 64.5. The molecular weight excluding hydrogens is 1480 g/mol. The topological polar surface area (TPSA) is 274 Å². The molecule has 0 saturated carbocycles. The van der Waals surface area contributed by atoms with Crippen LogP contribution in [0.1, 0.15) is 154 Å². The average molecular weight is 1570 g/mol. The molecule has 16 rings (SSSR count). The molecule has 21 nitrogen and oxygen atoms in total. The van der Waals surface area contributed by atoms with E-state index in [1.807, 2.05) is 146 Å². The fourth-order valence-corrected chi connectivity index (χ4v) is 15.8. The summed E-state index contributed by atoms with van der Waals surface area (Å²) in [4.78, 5) is 74.9. The molecular formula is C95H88O21. The van der Waals surface area contributed by atoms with Crippen LogP contribution < -0.4 is 28.4 Å². The quantitative estimate of drug-likeness (QED) is 0.0223. The van der Waals surface area contributed by atoms with Gasteiger partial charge in [0.25, 0.3) is 0 Å². The number of esters is 6. The number of benzene rings is 10. The number of aromatic hydroxyl groups is 3. The van der Waals surface area contributed by atoms with Crippen molar-refractivity contribution in [2.75, 3.05) is 39.6 Å². The molecule has 6 heterocycles. The van der Waals surface area contributed by atoms with Crippen LogP contribution in [0, 0.1) is 0 Å². The van der Waals surface area contributed by atoms with E-state index in [-0.39, 0.29) is 69.4 Å². The Bertz CT molecular complexity index is 4820. The van der Waals surface area contributed by atoms with E-state index in [2.05, 4.69) is 81.4 Å². The van der Waals surface area contributed by atoms with Crippen molar-refractivity contribution in [3.8, 4) is 51.7 Å². The van der Waals surface area contributed by atoms with Gasteiger partial charge in [0, 0.05) is 87.9 Å². The number of rotatable bonds is 29. The van der Waals surface area contributed by atoms with Gasteiger partial charge in [-0.05, 0) is 174 Å². The molecule has 594 valence electrons. The molecule has 21 heteroatoms. The number of carbonyl (C=O) groups excluding carboxylic acids is 6. The second-order valence-corrected chi connectivity index (χ2v) is 31.1. The summed E-state index contributed by atoms with van der Waals surface area (Å²) < 4.78 is 67.5. The molecule has 6 fully saturated rings. The first-order chi connectivity index (χ1) is 56.2. The average Bonchev–Trinajstić information content (AvgIpc) is 1.10. The van der Waals surface area contributed by atoms with Gasteiger partial charge in [-0.3, -0.25) is 0 Å². The first kappa shape index (κ1) is 77.2. The predicted molar refractivity (Wildman–Crippen MR) is 424 cm³/mol. The summed E-state index contributed by atoms with van der Waals surface area (Å²) in [5.41, 5.74) is 11.3. The van der Waals surface area contributed by atoms with Gasteiger partial charge in [0.15, 0.2) is 36.6 Å². The van der Waals surface area contributed by atoms with Crippen molar-refractivity contribution < 1.29 is 101 Å². The number of phenolic OH excluding ortho intramolecular Hbond substituents is 3.